The van der Waals surface area contributed by atoms with E-state index in [0.29, 0.717) is 11.8 Å². The van der Waals surface area contributed by atoms with Crippen molar-refractivity contribution in [3.63, 3.8) is 0 Å². The monoisotopic (exact) mass is 685 g/mol. The van der Waals surface area contributed by atoms with E-state index in [2.05, 4.69) is 66.3 Å². The first-order valence-corrected chi connectivity index (χ1v) is 19.0. The number of ether oxygens (including phenoxy) is 1. The number of imidazole rings is 1. The molecule has 1 saturated carbocycles. The average molecular weight is 686 g/mol. The highest BCUT2D eigenvalue weighted by molar-refractivity contribution is 7.91. The van der Waals surface area contributed by atoms with Gasteiger partial charge in [-0.25, -0.2) is 18.2 Å². The summed E-state index contributed by atoms with van der Waals surface area (Å²) in [4.78, 5) is 22.3. The summed E-state index contributed by atoms with van der Waals surface area (Å²) in [6.07, 6.45) is 13.4. The number of carbonyl (C=O) groups excluding carboxylic acids is 1. The summed E-state index contributed by atoms with van der Waals surface area (Å²) < 4.78 is 35.7. The van der Waals surface area contributed by atoms with E-state index in [0.717, 1.165) is 77.1 Å². The number of piperidine rings is 1. The molecule has 0 spiro atoms. The molecule has 4 aromatic rings. The molecule has 2 aromatic carbocycles. The van der Waals surface area contributed by atoms with E-state index in [1.165, 1.54) is 22.6 Å². The number of carbonyl (C=O) groups is 1. The quantitative estimate of drug-likeness (QED) is 0.241. The lowest BCUT2D eigenvalue weighted by Gasteiger charge is -2.51. The highest BCUT2D eigenvalue weighted by atomic mass is 32.2. The van der Waals surface area contributed by atoms with E-state index in [4.69, 9.17) is 4.74 Å². The van der Waals surface area contributed by atoms with Gasteiger partial charge in [0.25, 0.3) is 0 Å². The molecule has 0 bridgehead atoms. The van der Waals surface area contributed by atoms with Gasteiger partial charge in [-0.05, 0) is 80.9 Å². The van der Waals surface area contributed by atoms with Crippen LogP contribution in [-0.2, 0) is 33.6 Å². The fourth-order valence-electron chi connectivity index (χ4n) is 8.78. The summed E-state index contributed by atoms with van der Waals surface area (Å²) in [7, 11) is -0.237. The lowest BCUT2D eigenvalue weighted by molar-refractivity contribution is 0.00203. The number of nitrogens with one attached hydrogen (secondary N) is 1. The zero-order valence-corrected chi connectivity index (χ0v) is 29.2. The number of aromatic nitrogens is 4. The van der Waals surface area contributed by atoms with Crippen molar-refractivity contribution in [3.05, 3.63) is 91.3 Å². The third-order valence-corrected chi connectivity index (χ3v) is 12.9. The summed E-state index contributed by atoms with van der Waals surface area (Å²) in [5.74, 6) is 1.20. The summed E-state index contributed by atoms with van der Waals surface area (Å²) in [6, 6.07) is 18.2. The zero-order chi connectivity index (χ0) is 34.0. The van der Waals surface area contributed by atoms with Crippen LogP contribution in [0.1, 0.15) is 37.7 Å². The Balaban J connectivity index is 1.02. The van der Waals surface area contributed by atoms with Gasteiger partial charge in [0.2, 0.25) is 9.84 Å². The molecule has 2 aromatic heterocycles. The predicted molar refractivity (Wildman–Crippen MR) is 187 cm³/mol. The van der Waals surface area contributed by atoms with Crippen LogP contribution in [0, 0.1) is 17.8 Å². The van der Waals surface area contributed by atoms with E-state index < -0.39 is 9.84 Å². The Bertz CT molecular complexity index is 1800. The SMILES string of the molecule is CNC(=O)O[C@H]1CCC[C@@H]1C(Cn1ccnc1)(c1ccccc1)C1CCN(CC2CN(c3ccc(S(=O)(=O)c4cnn(C)c4)cc3)C2)CC1. The summed E-state index contributed by atoms with van der Waals surface area (Å²) in [5.41, 5.74) is 2.18. The zero-order valence-electron chi connectivity index (χ0n) is 28.4. The van der Waals surface area contributed by atoms with Crippen LogP contribution in [0.2, 0.25) is 0 Å². The number of nitrogens with zero attached hydrogens (tertiary/aromatic N) is 6. The third kappa shape index (κ3) is 6.72. The largest absolute Gasteiger partial charge is 0.446 e. The van der Waals surface area contributed by atoms with Crippen LogP contribution in [0.3, 0.4) is 0 Å². The molecule has 4 heterocycles. The van der Waals surface area contributed by atoms with Crippen molar-refractivity contribution in [2.75, 3.05) is 44.7 Å². The second-order valence-electron chi connectivity index (χ2n) is 14.1. The highest BCUT2D eigenvalue weighted by Crippen LogP contribution is 2.52. The second-order valence-corrected chi connectivity index (χ2v) is 16.0. The highest BCUT2D eigenvalue weighted by Gasteiger charge is 2.53. The Morgan fingerprint density at radius 2 is 1.76 bits per heavy atom. The summed E-state index contributed by atoms with van der Waals surface area (Å²) in [5, 5.41) is 6.69. The maximum atomic E-state index is 13.0. The van der Waals surface area contributed by atoms with Crippen LogP contribution < -0.4 is 10.2 Å². The molecule has 2 aliphatic heterocycles. The van der Waals surface area contributed by atoms with Gasteiger partial charge in [-0.3, -0.25) is 4.68 Å². The molecule has 1 amide bonds. The Labute approximate surface area is 289 Å². The third-order valence-electron chi connectivity index (χ3n) is 11.2. The lowest BCUT2D eigenvalue weighted by Crippen LogP contribution is -2.55. The smallest absolute Gasteiger partial charge is 0.407 e. The molecule has 3 atom stereocenters. The first kappa shape index (κ1) is 33.3. The maximum absolute atomic E-state index is 13.0. The number of rotatable bonds is 11. The van der Waals surface area contributed by atoms with E-state index >= 15 is 0 Å². The maximum Gasteiger partial charge on any atom is 0.407 e. The fraction of sp³-hybridized carbons (Fsp3) is 0.486. The first-order chi connectivity index (χ1) is 23.8. The summed E-state index contributed by atoms with van der Waals surface area (Å²) >= 11 is 0. The van der Waals surface area contributed by atoms with Gasteiger partial charge in [-0.15, -0.1) is 0 Å². The Kier molecular flexibility index (Phi) is 9.52. The van der Waals surface area contributed by atoms with Crippen LogP contribution in [0.5, 0.6) is 0 Å². The van der Waals surface area contributed by atoms with Crippen LogP contribution in [0.4, 0.5) is 10.5 Å². The predicted octanol–water partition coefficient (Wildman–Crippen LogP) is 4.76. The normalized spacial score (nSPS) is 22.0. The van der Waals surface area contributed by atoms with Crippen LogP contribution in [-0.4, -0.2) is 84.6 Å². The van der Waals surface area contributed by atoms with Gasteiger partial charge in [-0.2, -0.15) is 5.10 Å². The van der Waals surface area contributed by atoms with Gasteiger partial charge in [-0.1, -0.05) is 30.3 Å². The van der Waals surface area contributed by atoms with Crippen LogP contribution in [0.25, 0.3) is 0 Å². The standard InChI is InChI=1S/C37H47N7O4S/c1-38-36(45)48-35-10-6-9-34(35)37(26-43-20-17-39-27-43,29-7-4-3-5-8-29)30-15-18-42(19-16-30)22-28-23-44(24-28)31-11-13-32(14-12-31)49(46,47)33-21-40-41(2)25-33/h3-5,7-8,11-14,17,20-21,25,27-28,30,34-35H,6,9-10,15-16,18-19,22-24,26H2,1-2H3,(H,38,45)/t34-,35-,37?/m0/s1. The van der Waals surface area contributed by atoms with Gasteiger partial charge < -0.3 is 24.4 Å². The molecular formula is C37H47N7O4S. The molecule has 49 heavy (non-hydrogen) atoms. The van der Waals surface area contributed by atoms with E-state index in [9.17, 15) is 13.2 Å². The summed E-state index contributed by atoms with van der Waals surface area (Å²) in [6.45, 7) is 5.86. The van der Waals surface area contributed by atoms with E-state index in [1.807, 2.05) is 24.7 Å². The molecule has 1 unspecified atom stereocenters. The van der Waals surface area contributed by atoms with Crippen molar-refractivity contribution in [1.29, 1.82) is 0 Å². The van der Waals surface area contributed by atoms with Crippen molar-refractivity contribution in [2.24, 2.45) is 24.8 Å². The average Bonchev–Trinajstić information content (AvgIpc) is 3.89. The minimum absolute atomic E-state index is 0.132. The molecule has 260 valence electrons. The number of likely N-dealkylation sites (tertiary alicyclic amines) is 1. The van der Waals surface area contributed by atoms with Gasteiger partial charge in [0.15, 0.2) is 0 Å². The molecule has 7 rings (SSSR count). The molecule has 1 aliphatic carbocycles. The first-order valence-electron chi connectivity index (χ1n) is 17.5. The molecule has 2 saturated heterocycles. The molecule has 0 radical (unpaired) electrons. The van der Waals surface area contributed by atoms with Crippen molar-refractivity contribution in [1.82, 2.24) is 29.5 Å². The number of hydrogen-bond donors (Lipinski definition) is 1. The fourth-order valence-corrected chi connectivity index (χ4v) is 10.0. The van der Waals surface area contributed by atoms with Crippen LogP contribution >= 0.6 is 0 Å². The number of benzene rings is 2. The minimum atomic E-state index is -3.58. The van der Waals surface area contributed by atoms with Gasteiger partial charge in [0.1, 0.15) is 11.0 Å². The molecular weight excluding hydrogens is 639 g/mol. The molecule has 3 aliphatic rings. The molecule has 3 fully saturated rings. The van der Waals surface area contributed by atoms with Gasteiger partial charge in [0.05, 0.1) is 17.4 Å². The van der Waals surface area contributed by atoms with E-state index in [-0.39, 0.29) is 33.3 Å². The van der Waals surface area contributed by atoms with Crippen LogP contribution in [0.15, 0.2) is 95.5 Å². The molecule has 12 heteroatoms. The number of amides is 1. The van der Waals surface area contributed by atoms with Crippen molar-refractivity contribution in [2.45, 2.75) is 60.0 Å². The Hall–Kier alpha value is -4.16. The van der Waals surface area contributed by atoms with Crippen molar-refractivity contribution >= 4 is 21.6 Å². The second kappa shape index (κ2) is 14.0. The number of hydrogen-bond acceptors (Lipinski definition) is 8. The Morgan fingerprint density at radius 1 is 1.00 bits per heavy atom. The van der Waals surface area contributed by atoms with Gasteiger partial charge >= 0.3 is 6.09 Å². The van der Waals surface area contributed by atoms with E-state index in [1.54, 1.807) is 26.2 Å². The number of anilines is 1. The number of alkyl carbamates (subject to hydrolysis) is 1. The number of aryl methyl sites for hydroxylation is 1. The van der Waals surface area contributed by atoms with Crippen molar-refractivity contribution in [3.8, 4) is 0 Å². The number of sulfone groups is 1. The van der Waals surface area contributed by atoms with Crippen molar-refractivity contribution < 1.29 is 17.9 Å². The van der Waals surface area contributed by atoms with Gasteiger partial charge in [0, 0.05) is 81.8 Å². The topological polar surface area (TPSA) is 115 Å². The minimum Gasteiger partial charge on any atom is -0.446 e. The Morgan fingerprint density at radius 3 is 2.41 bits per heavy atom. The molecule has 1 N–H and O–H groups in total. The lowest BCUT2D eigenvalue weighted by atomic mass is 9.58. The molecule has 11 nitrogen and oxygen atoms in total.